The average Bonchev–Trinajstić information content (AvgIpc) is 2.27. The Morgan fingerprint density at radius 1 is 1.56 bits per heavy atom. The number of rotatable bonds is 6. The van der Waals surface area contributed by atoms with E-state index in [1.807, 2.05) is 6.26 Å². The minimum atomic E-state index is -0.891. The Bertz CT molecular complexity index is 435. The Balaban J connectivity index is 2.82. The molecule has 6 heteroatoms. The molecule has 0 saturated carbocycles. The van der Waals surface area contributed by atoms with E-state index in [1.54, 1.807) is 26.0 Å². The maximum Gasteiger partial charge on any atom is 0.292 e. The Hall–Kier alpha value is -1.27. The van der Waals surface area contributed by atoms with Crippen LogP contribution < -0.4 is 5.32 Å². The lowest BCUT2D eigenvalue weighted by Crippen LogP contribution is -2.36. The van der Waals surface area contributed by atoms with Crippen LogP contribution in [-0.2, 0) is 0 Å². The summed E-state index contributed by atoms with van der Waals surface area (Å²) in [5.41, 5.74) is 0.420. The summed E-state index contributed by atoms with van der Waals surface area (Å²) < 4.78 is 0. The molecule has 0 aliphatic carbocycles. The summed E-state index contributed by atoms with van der Waals surface area (Å²) in [5.74, 6) is 0.569. The minimum absolute atomic E-state index is 0.0370. The Morgan fingerprint density at radius 2 is 2.22 bits per heavy atom. The average molecular weight is 270 g/mol. The lowest BCUT2D eigenvalue weighted by Gasteiger charge is -2.23. The number of thioether (sulfide) groups is 1. The van der Waals surface area contributed by atoms with E-state index in [4.69, 9.17) is 0 Å². The fourth-order valence-electron chi connectivity index (χ4n) is 1.59. The second-order valence-electron chi connectivity index (χ2n) is 4.56. The van der Waals surface area contributed by atoms with Gasteiger partial charge in [-0.3, -0.25) is 10.1 Å². The van der Waals surface area contributed by atoms with Crippen LogP contribution in [0.1, 0.15) is 12.5 Å². The van der Waals surface area contributed by atoms with E-state index in [1.165, 1.54) is 17.8 Å². The van der Waals surface area contributed by atoms with E-state index in [0.717, 1.165) is 5.56 Å². The molecule has 0 aromatic heterocycles. The van der Waals surface area contributed by atoms with E-state index in [0.29, 0.717) is 11.4 Å². The van der Waals surface area contributed by atoms with Crippen molar-refractivity contribution in [3.63, 3.8) is 0 Å². The fourth-order valence-corrected chi connectivity index (χ4v) is 2.31. The highest BCUT2D eigenvalue weighted by Gasteiger charge is 2.21. The molecule has 5 nitrogen and oxygen atoms in total. The molecule has 0 spiro atoms. The molecule has 100 valence electrons. The number of nitrogens with zero attached hydrogens (tertiary/aromatic N) is 1. The van der Waals surface area contributed by atoms with Crippen molar-refractivity contribution < 1.29 is 10.0 Å². The molecule has 1 unspecified atom stereocenters. The zero-order chi connectivity index (χ0) is 13.8. The lowest BCUT2D eigenvalue weighted by molar-refractivity contribution is -0.384. The Morgan fingerprint density at radius 3 is 2.78 bits per heavy atom. The Kier molecular flexibility index (Phi) is 4.98. The van der Waals surface area contributed by atoms with Gasteiger partial charge < -0.3 is 10.4 Å². The molecule has 1 aromatic rings. The number of nitro groups is 1. The van der Waals surface area contributed by atoms with Gasteiger partial charge in [0.2, 0.25) is 0 Å². The summed E-state index contributed by atoms with van der Waals surface area (Å²) in [5, 5.41) is 23.9. The molecule has 0 saturated heterocycles. The van der Waals surface area contributed by atoms with Crippen LogP contribution in [0.2, 0.25) is 0 Å². The summed E-state index contributed by atoms with van der Waals surface area (Å²) in [6, 6.07) is 4.99. The molecule has 0 bridgehead atoms. The number of benzene rings is 1. The van der Waals surface area contributed by atoms with Gasteiger partial charge in [0.25, 0.3) is 5.69 Å². The van der Waals surface area contributed by atoms with Gasteiger partial charge >= 0.3 is 0 Å². The normalized spacial score (nSPS) is 14.0. The molecule has 0 amide bonds. The number of anilines is 1. The van der Waals surface area contributed by atoms with Gasteiger partial charge in [0.05, 0.1) is 10.5 Å². The Labute approximate surface area is 111 Å². The summed E-state index contributed by atoms with van der Waals surface area (Å²) in [6.45, 7) is 3.79. The molecule has 0 aliphatic rings. The molecule has 1 aromatic carbocycles. The van der Waals surface area contributed by atoms with Gasteiger partial charge in [0.1, 0.15) is 5.69 Å². The number of aryl methyl sites for hydroxylation is 1. The third-order valence-corrected chi connectivity index (χ3v) is 3.38. The van der Waals surface area contributed by atoms with E-state index in [9.17, 15) is 15.2 Å². The number of aliphatic hydroxyl groups is 1. The van der Waals surface area contributed by atoms with Gasteiger partial charge in [0, 0.05) is 18.4 Å². The van der Waals surface area contributed by atoms with Crippen molar-refractivity contribution in [2.75, 3.05) is 23.9 Å². The highest BCUT2D eigenvalue weighted by Crippen LogP contribution is 2.26. The number of hydrogen-bond donors (Lipinski definition) is 2. The van der Waals surface area contributed by atoms with Gasteiger partial charge in [-0.1, -0.05) is 6.07 Å². The van der Waals surface area contributed by atoms with Crippen LogP contribution in [0.25, 0.3) is 0 Å². The zero-order valence-electron chi connectivity index (χ0n) is 10.8. The molecule has 0 radical (unpaired) electrons. The van der Waals surface area contributed by atoms with E-state index < -0.39 is 10.5 Å². The van der Waals surface area contributed by atoms with Crippen LogP contribution in [0.15, 0.2) is 18.2 Å². The molecule has 2 N–H and O–H groups in total. The number of nitro benzene ring substituents is 1. The number of nitrogens with one attached hydrogen (secondary N) is 1. The van der Waals surface area contributed by atoms with Gasteiger partial charge in [-0.05, 0) is 31.7 Å². The maximum absolute atomic E-state index is 10.9. The summed E-state index contributed by atoms with van der Waals surface area (Å²) in [7, 11) is 0. The summed E-state index contributed by atoms with van der Waals surface area (Å²) >= 11 is 1.53. The van der Waals surface area contributed by atoms with Crippen molar-refractivity contribution in [3.8, 4) is 0 Å². The van der Waals surface area contributed by atoms with Crippen molar-refractivity contribution in [2.24, 2.45) is 0 Å². The monoisotopic (exact) mass is 270 g/mol. The van der Waals surface area contributed by atoms with Gasteiger partial charge in [-0.25, -0.2) is 0 Å². The minimum Gasteiger partial charge on any atom is -0.387 e. The first-order valence-electron chi connectivity index (χ1n) is 5.56. The standard InChI is InChI=1S/C12H18N2O3S/c1-9-4-5-10(11(6-9)14(16)17)13-7-12(2,15)8-18-3/h4-6,13,15H,7-8H2,1-3H3. The van der Waals surface area contributed by atoms with E-state index in [-0.39, 0.29) is 12.2 Å². The maximum atomic E-state index is 10.9. The summed E-state index contributed by atoms with van der Waals surface area (Å²) in [4.78, 5) is 10.5. The summed E-state index contributed by atoms with van der Waals surface area (Å²) in [6.07, 6.45) is 1.91. The fraction of sp³-hybridized carbons (Fsp3) is 0.500. The van der Waals surface area contributed by atoms with Crippen molar-refractivity contribution in [1.82, 2.24) is 0 Å². The second-order valence-corrected chi connectivity index (χ2v) is 5.43. The van der Waals surface area contributed by atoms with Crippen molar-refractivity contribution in [3.05, 3.63) is 33.9 Å². The van der Waals surface area contributed by atoms with Gasteiger partial charge in [-0.15, -0.1) is 0 Å². The predicted octanol–water partition coefficient (Wildman–Crippen LogP) is 2.43. The van der Waals surface area contributed by atoms with Crippen LogP contribution >= 0.6 is 11.8 Å². The molecule has 18 heavy (non-hydrogen) atoms. The van der Waals surface area contributed by atoms with Crippen molar-refractivity contribution >= 4 is 23.1 Å². The highest BCUT2D eigenvalue weighted by atomic mass is 32.2. The first-order chi connectivity index (χ1) is 8.35. The van der Waals surface area contributed by atoms with Crippen molar-refractivity contribution in [1.29, 1.82) is 0 Å². The van der Waals surface area contributed by atoms with Crippen LogP contribution in [-0.4, -0.2) is 34.2 Å². The van der Waals surface area contributed by atoms with Crippen LogP contribution in [0.4, 0.5) is 11.4 Å². The van der Waals surface area contributed by atoms with E-state index >= 15 is 0 Å². The van der Waals surface area contributed by atoms with Gasteiger partial charge in [-0.2, -0.15) is 11.8 Å². The quantitative estimate of drug-likeness (QED) is 0.613. The largest absolute Gasteiger partial charge is 0.387 e. The molecule has 0 fully saturated rings. The van der Waals surface area contributed by atoms with E-state index in [2.05, 4.69) is 5.32 Å². The molecule has 1 atom stereocenters. The van der Waals surface area contributed by atoms with Crippen molar-refractivity contribution in [2.45, 2.75) is 19.4 Å². The first kappa shape index (κ1) is 14.8. The van der Waals surface area contributed by atoms with Gasteiger partial charge in [0.15, 0.2) is 0 Å². The van der Waals surface area contributed by atoms with Crippen LogP contribution in [0, 0.1) is 17.0 Å². The lowest BCUT2D eigenvalue weighted by atomic mass is 10.1. The molecule has 0 aliphatic heterocycles. The third-order valence-electron chi connectivity index (χ3n) is 2.46. The van der Waals surface area contributed by atoms with Crippen LogP contribution in [0.3, 0.4) is 0 Å². The van der Waals surface area contributed by atoms with Crippen LogP contribution in [0.5, 0.6) is 0 Å². The molecule has 0 heterocycles. The first-order valence-corrected chi connectivity index (χ1v) is 6.95. The SMILES string of the molecule is CSCC(C)(O)CNc1ccc(C)cc1[N+](=O)[O-]. The topological polar surface area (TPSA) is 75.4 Å². The predicted molar refractivity (Wildman–Crippen MR) is 75.3 cm³/mol. The molecular formula is C12H18N2O3S. The zero-order valence-corrected chi connectivity index (χ0v) is 11.6. The molecular weight excluding hydrogens is 252 g/mol. The third kappa shape index (κ3) is 4.19. The second kappa shape index (κ2) is 6.06. The number of hydrogen-bond acceptors (Lipinski definition) is 5. The molecule has 1 rings (SSSR count). The highest BCUT2D eigenvalue weighted by molar-refractivity contribution is 7.98. The smallest absolute Gasteiger partial charge is 0.292 e.